The van der Waals surface area contributed by atoms with Gasteiger partial charge >= 0.3 is 0 Å². The molecule has 21 heavy (non-hydrogen) atoms. The predicted octanol–water partition coefficient (Wildman–Crippen LogP) is 1.30. The van der Waals surface area contributed by atoms with E-state index < -0.39 is 10.0 Å². The molecule has 0 spiro atoms. The SMILES string of the molecule is CCC1CCN(S(=O)(=O)c2c(C)nn(CCCO)c2C)C1. The average Bonchev–Trinajstić information content (AvgIpc) is 3.02. The summed E-state index contributed by atoms with van der Waals surface area (Å²) in [6.45, 7) is 7.45. The molecule has 120 valence electrons. The Hall–Kier alpha value is -0.920. The molecule has 1 saturated heterocycles. The second-order valence-electron chi connectivity index (χ2n) is 5.73. The maximum atomic E-state index is 12.8. The second-order valence-corrected chi connectivity index (χ2v) is 7.60. The Balaban J connectivity index is 2.30. The van der Waals surface area contributed by atoms with E-state index in [1.54, 1.807) is 22.8 Å². The van der Waals surface area contributed by atoms with Gasteiger partial charge < -0.3 is 5.11 Å². The molecule has 1 aromatic rings. The number of rotatable bonds is 6. The van der Waals surface area contributed by atoms with Crippen molar-refractivity contribution in [2.24, 2.45) is 5.92 Å². The van der Waals surface area contributed by atoms with Crippen molar-refractivity contribution in [1.29, 1.82) is 0 Å². The van der Waals surface area contributed by atoms with Gasteiger partial charge in [0, 0.05) is 26.2 Å². The molecule has 1 unspecified atom stereocenters. The van der Waals surface area contributed by atoms with Gasteiger partial charge in [0.05, 0.1) is 11.4 Å². The smallest absolute Gasteiger partial charge is 0.246 e. The highest BCUT2D eigenvalue weighted by molar-refractivity contribution is 7.89. The zero-order valence-electron chi connectivity index (χ0n) is 13.0. The van der Waals surface area contributed by atoms with Gasteiger partial charge in [0.15, 0.2) is 0 Å². The topological polar surface area (TPSA) is 75.4 Å². The van der Waals surface area contributed by atoms with E-state index in [4.69, 9.17) is 5.11 Å². The van der Waals surface area contributed by atoms with Crippen LogP contribution in [0.3, 0.4) is 0 Å². The molecule has 6 nitrogen and oxygen atoms in total. The summed E-state index contributed by atoms with van der Waals surface area (Å²) < 4.78 is 29.0. The summed E-state index contributed by atoms with van der Waals surface area (Å²) in [6, 6.07) is 0. The molecule has 0 aliphatic carbocycles. The van der Waals surface area contributed by atoms with Gasteiger partial charge in [-0.1, -0.05) is 13.3 Å². The van der Waals surface area contributed by atoms with Crippen LogP contribution in [0.25, 0.3) is 0 Å². The lowest BCUT2D eigenvalue weighted by Crippen LogP contribution is -2.29. The van der Waals surface area contributed by atoms with Crippen LogP contribution in [0.4, 0.5) is 0 Å². The van der Waals surface area contributed by atoms with E-state index in [-0.39, 0.29) is 6.61 Å². The van der Waals surface area contributed by atoms with Gasteiger partial charge in [0.25, 0.3) is 0 Å². The molecule has 0 amide bonds. The Morgan fingerprint density at radius 1 is 1.38 bits per heavy atom. The van der Waals surface area contributed by atoms with E-state index in [1.807, 2.05) is 0 Å². The molecule has 0 radical (unpaired) electrons. The Morgan fingerprint density at radius 3 is 2.67 bits per heavy atom. The number of aromatic nitrogens is 2. The van der Waals surface area contributed by atoms with Crippen molar-refractivity contribution in [2.45, 2.75) is 51.5 Å². The fraction of sp³-hybridized carbons (Fsp3) is 0.786. The van der Waals surface area contributed by atoms with Crippen molar-refractivity contribution in [3.05, 3.63) is 11.4 Å². The van der Waals surface area contributed by atoms with Crippen molar-refractivity contribution in [2.75, 3.05) is 19.7 Å². The van der Waals surface area contributed by atoms with Gasteiger partial charge in [0.1, 0.15) is 4.90 Å². The average molecular weight is 315 g/mol. The summed E-state index contributed by atoms with van der Waals surface area (Å²) in [6.07, 6.45) is 2.52. The lowest BCUT2D eigenvalue weighted by molar-refractivity contribution is 0.276. The van der Waals surface area contributed by atoms with Crippen molar-refractivity contribution in [3.63, 3.8) is 0 Å². The highest BCUT2D eigenvalue weighted by Gasteiger charge is 2.35. The Labute approximate surface area is 126 Å². The van der Waals surface area contributed by atoms with E-state index in [1.165, 1.54) is 0 Å². The lowest BCUT2D eigenvalue weighted by atomic mass is 10.1. The first kappa shape index (κ1) is 16.5. The van der Waals surface area contributed by atoms with Crippen LogP contribution < -0.4 is 0 Å². The van der Waals surface area contributed by atoms with Crippen LogP contribution in [-0.2, 0) is 16.6 Å². The van der Waals surface area contributed by atoms with Crippen molar-refractivity contribution in [1.82, 2.24) is 14.1 Å². The molecule has 1 aliphatic rings. The molecule has 1 aromatic heterocycles. The molecular weight excluding hydrogens is 290 g/mol. The first-order valence-corrected chi connectivity index (χ1v) is 9.00. The zero-order valence-corrected chi connectivity index (χ0v) is 13.9. The number of hydrogen-bond acceptors (Lipinski definition) is 4. The summed E-state index contributed by atoms with van der Waals surface area (Å²) in [5, 5.41) is 13.2. The normalized spacial score (nSPS) is 20.3. The largest absolute Gasteiger partial charge is 0.396 e. The fourth-order valence-corrected chi connectivity index (χ4v) is 4.87. The van der Waals surface area contributed by atoms with Crippen LogP contribution in [-0.4, -0.2) is 47.3 Å². The predicted molar refractivity (Wildman–Crippen MR) is 80.6 cm³/mol. The standard InChI is InChI=1S/C14H25N3O3S/c1-4-13-6-8-16(10-13)21(19,20)14-11(2)15-17(12(14)3)7-5-9-18/h13,18H,4-10H2,1-3H3. The lowest BCUT2D eigenvalue weighted by Gasteiger charge is -2.16. The minimum atomic E-state index is -3.46. The Morgan fingerprint density at radius 2 is 2.10 bits per heavy atom. The highest BCUT2D eigenvalue weighted by Crippen LogP contribution is 2.29. The van der Waals surface area contributed by atoms with Crippen LogP contribution in [0.15, 0.2) is 4.90 Å². The molecular formula is C14H25N3O3S. The fourth-order valence-electron chi connectivity index (χ4n) is 2.97. The molecule has 2 rings (SSSR count). The summed E-state index contributed by atoms with van der Waals surface area (Å²) in [5.41, 5.74) is 1.21. The third-order valence-electron chi connectivity index (χ3n) is 4.27. The van der Waals surface area contributed by atoms with Gasteiger partial charge in [-0.15, -0.1) is 0 Å². The molecule has 1 fully saturated rings. The first-order valence-electron chi connectivity index (χ1n) is 7.56. The zero-order chi connectivity index (χ0) is 15.6. The molecule has 1 N–H and O–H groups in total. The van der Waals surface area contributed by atoms with Gasteiger partial charge in [-0.05, 0) is 32.6 Å². The minimum Gasteiger partial charge on any atom is -0.396 e. The molecule has 0 saturated carbocycles. The Bertz CT molecular complexity index is 595. The summed E-state index contributed by atoms with van der Waals surface area (Å²) >= 11 is 0. The van der Waals surface area contributed by atoms with E-state index in [2.05, 4.69) is 12.0 Å². The van der Waals surface area contributed by atoms with E-state index in [9.17, 15) is 8.42 Å². The molecule has 7 heteroatoms. The third-order valence-corrected chi connectivity index (χ3v) is 6.39. The monoisotopic (exact) mass is 315 g/mol. The maximum absolute atomic E-state index is 12.8. The van der Waals surface area contributed by atoms with E-state index >= 15 is 0 Å². The van der Waals surface area contributed by atoms with Crippen LogP contribution in [0, 0.1) is 19.8 Å². The van der Waals surface area contributed by atoms with E-state index in [0.717, 1.165) is 12.8 Å². The number of sulfonamides is 1. The molecule has 0 aromatic carbocycles. The van der Waals surface area contributed by atoms with Crippen molar-refractivity contribution >= 4 is 10.0 Å². The number of aliphatic hydroxyl groups is 1. The number of aryl methyl sites for hydroxylation is 2. The quantitative estimate of drug-likeness (QED) is 0.858. The minimum absolute atomic E-state index is 0.0741. The van der Waals surface area contributed by atoms with Gasteiger partial charge in [0.2, 0.25) is 10.0 Å². The first-order chi connectivity index (χ1) is 9.91. The highest BCUT2D eigenvalue weighted by atomic mass is 32.2. The summed E-state index contributed by atoms with van der Waals surface area (Å²) in [7, 11) is -3.46. The van der Waals surface area contributed by atoms with Crippen molar-refractivity contribution < 1.29 is 13.5 Å². The number of aliphatic hydroxyl groups excluding tert-OH is 1. The van der Waals surface area contributed by atoms with E-state index in [0.29, 0.717) is 48.3 Å². The number of hydrogen-bond donors (Lipinski definition) is 1. The van der Waals surface area contributed by atoms with Gasteiger partial charge in [-0.3, -0.25) is 4.68 Å². The van der Waals surface area contributed by atoms with Gasteiger partial charge in [-0.2, -0.15) is 9.40 Å². The molecule has 0 bridgehead atoms. The van der Waals surface area contributed by atoms with Crippen LogP contribution >= 0.6 is 0 Å². The van der Waals surface area contributed by atoms with Crippen molar-refractivity contribution in [3.8, 4) is 0 Å². The maximum Gasteiger partial charge on any atom is 0.246 e. The number of nitrogens with zero attached hydrogens (tertiary/aromatic N) is 3. The second kappa shape index (κ2) is 6.46. The van der Waals surface area contributed by atoms with Crippen LogP contribution in [0.2, 0.25) is 0 Å². The molecule has 1 atom stereocenters. The van der Waals surface area contributed by atoms with Gasteiger partial charge in [-0.25, -0.2) is 8.42 Å². The molecule has 2 heterocycles. The third kappa shape index (κ3) is 3.14. The summed E-state index contributed by atoms with van der Waals surface area (Å²) in [5.74, 6) is 0.463. The molecule has 1 aliphatic heterocycles. The Kier molecular flexibility index (Phi) is 5.06. The van der Waals surface area contributed by atoms with Crippen LogP contribution in [0.1, 0.15) is 37.6 Å². The summed E-state index contributed by atoms with van der Waals surface area (Å²) in [4.78, 5) is 0.345. The van der Waals surface area contributed by atoms with Crippen LogP contribution in [0.5, 0.6) is 0 Å².